The van der Waals surface area contributed by atoms with Crippen molar-refractivity contribution in [2.24, 2.45) is 0 Å². The first-order chi connectivity index (χ1) is 11.5. The fraction of sp³-hybridized carbons (Fsp3) is 0.158. The third-order valence-corrected chi connectivity index (χ3v) is 3.86. The molecule has 122 valence electrons. The van der Waals surface area contributed by atoms with Crippen LogP contribution in [0.15, 0.2) is 48.5 Å². The number of carbonyl (C=O) groups excluding carboxylic acids is 1. The van der Waals surface area contributed by atoms with Crippen LogP contribution in [0.25, 0.3) is 10.9 Å². The van der Waals surface area contributed by atoms with Crippen LogP contribution in [0.1, 0.15) is 11.3 Å². The Labute approximate surface area is 145 Å². The number of carbonyl (C=O) groups is 1. The van der Waals surface area contributed by atoms with Crippen molar-refractivity contribution in [2.75, 3.05) is 11.9 Å². The molecular weight excluding hydrogens is 324 g/mol. The number of ether oxygens (including phenoxy) is 1. The summed E-state index contributed by atoms with van der Waals surface area (Å²) in [7, 11) is 0. The highest BCUT2D eigenvalue weighted by atomic mass is 35.5. The predicted octanol–water partition coefficient (Wildman–Crippen LogP) is 4.52. The smallest absolute Gasteiger partial charge is 0.262 e. The summed E-state index contributed by atoms with van der Waals surface area (Å²) in [6.07, 6.45) is 0. The van der Waals surface area contributed by atoms with E-state index < -0.39 is 0 Å². The van der Waals surface area contributed by atoms with Crippen molar-refractivity contribution < 1.29 is 9.53 Å². The van der Waals surface area contributed by atoms with Crippen LogP contribution in [0.4, 0.5) is 5.69 Å². The lowest BCUT2D eigenvalue weighted by Crippen LogP contribution is -2.20. The number of benzene rings is 2. The summed E-state index contributed by atoms with van der Waals surface area (Å²) in [6.45, 7) is 3.73. The number of anilines is 1. The second-order valence-electron chi connectivity index (χ2n) is 5.58. The summed E-state index contributed by atoms with van der Waals surface area (Å²) in [4.78, 5) is 16.7. The number of fused-ring (bicyclic) bond motifs is 1. The minimum absolute atomic E-state index is 0.0787. The Morgan fingerprint density at radius 3 is 2.79 bits per heavy atom. The molecule has 2 aromatic carbocycles. The number of amides is 1. The van der Waals surface area contributed by atoms with Gasteiger partial charge in [-0.15, -0.1) is 0 Å². The molecule has 0 aliphatic rings. The number of hydrogen-bond donors (Lipinski definition) is 1. The number of para-hydroxylation sites is 1. The SMILES string of the molecule is Cc1ccc2cccc(NC(=O)COc3ccc(Cl)cc3C)c2n1. The van der Waals surface area contributed by atoms with Crippen LogP contribution in [-0.4, -0.2) is 17.5 Å². The van der Waals surface area contributed by atoms with Crippen LogP contribution in [0, 0.1) is 13.8 Å². The van der Waals surface area contributed by atoms with Gasteiger partial charge in [-0.05, 0) is 49.7 Å². The van der Waals surface area contributed by atoms with Gasteiger partial charge in [-0.25, -0.2) is 0 Å². The molecule has 1 amide bonds. The molecule has 5 heteroatoms. The standard InChI is InChI=1S/C19H17ClN2O2/c1-12-10-15(20)8-9-17(12)24-11-18(23)22-16-5-3-4-14-7-6-13(2)21-19(14)16/h3-10H,11H2,1-2H3,(H,22,23). The molecule has 0 radical (unpaired) electrons. The molecule has 1 heterocycles. The topological polar surface area (TPSA) is 51.2 Å². The zero-order chi connectivity index (χ0) is 17.1. The van der Waals surface area contributed by atoms with Gasteiger partial charge in [0.15, 0.2) is 6.61 Å². The first-order valence-corrected chi connectivity index (χ1v) is 7.96. The summed E-state index contributed by atoms with van der Waals surface area (Å²) >= 11 is 5.91. The number of pyridine rings is 1. The molecule has 3 aromatic rings. The van der Waals surface area contributed by atoms with E-state index in [9.17, 15) is 4.79 Å². The van der Waals surface area contributed by atoms with Crippen LogP contribution in [0.2, 0.25) is 5.02 Å². The van der Waals surface area contributed by atoms with Crippen LogP contribution in [0.3, 0.4) is 0 Å². The quantitative estimate of drug-likeness (QED) is 0.759. The summed E-state index contributed by atoms with van der Waals surface area (Å²) in [5, 5.41) is 4.48. The van der Waals surface area contributed by atoms with Crippen LogP contribution in [0.5, 0.6) is 5.75 Å². The minimum Gasteiger partial charge on any atom is -0.483 e. The second kappa shape index (κ2) is 6.89. The van der Waals surface area contributed by atoms with E-state index in [-0.39, 0.29) is 12.5 Å². The van der Waals surface area contributed by atoms with E-state index in [2.05, 4.69) is 10.3 Å². The average molecular weight is 341 g/mol. The van der Waals surface area contributed by atoms with Gasteiger partial charge in [-0.2, -0.15) is 0 Å². The van der Waals surface area contributed by atoms with Gasteiger partial charge in [-0.3, -0.25) is 9.78 Å². The lowest BCUT2D eigenvalue weighted by Gasteiger charge is -2.11. The monoisotopic (exact) mass is 340 g/mol. The molecule has 0 unspecified atom stereocenters. The molecule has 0 aliphatic heterocycles. The van der Waals surface area contributed by atoms with Crippen molar-refractivity contribution in [2.45, 2.75) is 13.8 Å². The Morgan fingerprint density at radius 1 is 1.17 bits per heavy atom. The molecule has 4 nitrogen and oxygen atoms in total. The van der Waals surface area contributed by atoms with E-state index in [4.69, 9.17) is 16.3 Å². The summed E-state index contributed by atoms with van der Waals surface area (Å²) < 4.78 is 5.57. The number of hydrogen-bond acceptors (Lipinski definition) is 3. The molecule has 24 heavy (non-hydrogen) atoms. The Kier molecular flexibility index (Phi) is 4.67. The third-order valence-electron chi connectivity index (χ3n) is 3.63. The Hall–Kier alpha value is -2.59. The van der Waals surface area contributed by atoms with E-state index in [1.165, 1.54) is 0 Å². The summed E-state index contributed by atoms with van der Waals surface area (Å²) in [5.41, 5.74) is 3.24. The molecule has 1 aromatic heterocycles. The lowest BCUT2D eigenvalue weighted by molar-refractivity contribution is -0.118. The Balaban J connectivity index is 1.72. The highest BCUT2D eigenvalue weighted by Crippen LogP contribution is 2.23. The number of aromatic nitrogens is 1. The molecule has 0 atom stereocenters. The van der Waals surface area contributed by atoms with E-state index in [1.807, 2.05) is 44.2 Å². The third kappa shape index (κ3) is 3.66. The highest BCUT2D eigenvalue weighted by molar-refractivity contribution is 6.30. The molecule has 0 bridgehead atoms. The first-order valence-electron chi connectivity index (χ1n) is 7.58. The van der Waals surface area contributed by atoms with Crippen LogP contribution < -0.4 is 10.1 Å². The number of halogens is 1. The normalized spacial score (nSPS) is 10.6. The van der Waals surface area contributed by atoms with E-state index in [0.717, 1.165) is 22.2 Å². The number of nitrogens with zero attached hydrogens (tertiary/aromatic N) is 1. The largest absolute Gasteiger partial charge is 0.483 e. The predicted molar refractivity (Wildman–Crippen MR) is 96.8 cm³/mol. The zero-order valence-corrected chi connectivity index (χ0v) is 14.2. The molecule has 0 fully saturated rings. The van der Waals surface area contributed by atoms with Crippen molar-refractivity contribution in [1.82, 2.24) is 4.98 Å². The number of nitrogens with one attached hydrogen (secondary N) is 1. The molecule has 3 rings (SSSR count). The molecule has 1 N–H and O–H groups in total. The van der Waals surface area contributed by atoms with E-state index in [0.29, 0.717) is 16.5 Å². The van der Waals surface area contributed by atoms with Crippen molar-refractivity contribution in [3.63, 3.8) is 0 Å². The first kappa shape index (κ1) is 16.3. The van der Waals surface area contributed by atoms with Gasteiger partial charge in [0.1, 0.15) is 5.75 Å². The van der Waals surface area contributed by atoms with Crippen LogP contribution >= 0.6 is 11.6 Å². The van der Waals surface area contributed by atoms with Crippen molar-refractivity contribution in [1.29, 1.82) is 0 Å². The average Bonchev–Trinajstić information content (AvgIpc) is 2.54. The second-order valence-corrected chi connectivity index (χ2v) is 6.01. The highest BCUT2D eigenvalue weighted by Gasteiger charge is 2.09. The molecule has 0 spiro atoms. The van der Waals surface area contributed by atoms with E-state index >= 15 is 0 Å². The fourth-order valence-corrected chi connectivity index (χ4v) is 2.68. The summed E-state index contributed by atoms with van der Waals surface area (Å²) in [5.74, 6) is 0.404. The maximum absolute atomic E-state index is 12.2. The lowest BCUT2D eigenvalue weighted by atomic mass is 10.1. The van der Waals surface area contributed by atoms with Gasteiger partial charge >= 0.3 is 0 Å². The van der Waals surface area contributed by atoms with Crippen LogP contribution in [-0.2, 0) is 4.79 Å². The van der Waals surface area contributed by atoms with Gasteiger partial charge in [-0.1, -0.05) is 29.8 Å². The van der Waals surface area contributed by atoms with Crippen molar-refractivity contribution in [3.8, 4) is 5.75 Å². The molecule has 0 aliphatic carbocycles. The zero-order valence-electron chi connectivity index (χ0n) is 13.5. The molecule has 0 saturated heterocycles. The van der Waals surface area contributed by atoms with Crippen molar-refractivity contribution >= 4 is 34.1 Å². The van der Waals surface area contributed by atoms with Gasteiger partial charge < -0.3 is 10.1 Å². The number of aryl methyl sites for hydroxylation is 2. The Bertz CT molecular complexity index is 909. The van der Waals surface area contributed by atoms with Crippen molar-refractivity contribution in [3.05, 3.63) is 64.8 Å². The molecular formula is C19H17ClN2O2. The Morgan fingerprint density at radius 2 is 2.00 bits per heavy atom. The molecule has 0 saturated carbocycles. The fourth-order valence-electron chi connectivity index (χ4n) is 2.45. The maximum Gasteiger partial charge on any atom is 0.262 e. The van der Waals surface area contributed by atoms with Gasteiger partial charge in [0.2, 0.25) is 0 Å². The van der Waals surface area contributed by atoms with Gasteiger partial charge in [0, 0.05) is 16.1 Å². The van der Waals surface area contributed by atoms with E-state index in [1.54, 1.807) is 18.2 Å². The minimum atomic E-state index is -0.236. The van der Waals surface area contributed by atoms with Gasteiger partial charge in [0.25, 0.3) is 5.91 Å². The number of rotatable bonds is 4. The maximum atomic E-state index is 12.2. The van der Waals surface area contributed by atoms with Gasteiger partial charge in [0.05, 0.1) is 11.2 Å². The summed E-state index contributed by atoms with van der Waals surface area (Å²) in [6, 6.07) is 14.9.